The van der Waals surface area contributed by atoms with E-state index in [1.54, 1.807) is 24.3 Å². The van der Waals surface area contributed by atoms with Gasteiger partial charge in [0.1, 0.15) is 0 Å². The van der Waals surface area contributed by atoms with E-state index >= 15 is 0 Å². The summed E-state index contributed by atoms with van der Waals surface area (Å²) < 4.78 is 26.1. The summed E-state index contributed by atoms with van der Waals surface area (Å²) in [6.45, 7) is 7.42. The molecular formula is C27H31N3O3S. The third-order valence-electron chi connectivity index (χ3n) is 6.46. The van der Waals surface area contributed by atoms with Crippen LogP contribution in [-0.4, -0.2) is 51.7 Å². The third-order valence-corrected chi connectivity index (χ3v) is 7.60. The standard InChI is InChI=1S/C27H31N3O3S/c1-21-8-7-11-26(22(21)2)28-16-18-29(19-17-28)27(31)24-14-12-23(13-15-24)20-30(34(3,32)33)25-9-5-4-6-10-25/h4-15H,16-20H2,1-3H3. The number of piperazine rings is 1. The number of carbonyl (C=O) groups excluding carboxylic acids is 1. The van der Waals surface area contributed by atoms with Gasteiger partial charge in [-0.2, -0.15) is 0 Å². The van der Waals surface area contributed by atoms with E-state index in [0.717, 1.165) is 18.7 Å². The van der Waals surface area contributed by atoms with E-state index in [9.17, 15) is 13.2 Å². The normalized spacial score (nSPS) is 14.2. The van der Waals surface area contributed by atoms with Crippen molar-refractivity contribution in [2.45, 2.75) is 20.4 Å². The predicted molar refractivity (Wildman–Crippen MR) is 138 cm³/mol. The number of aryl methyl sites for hydroxylation is 1. The lowest BCUT2D eigenvalue weighted by Crippen LogP contribution is -2.49. The highest BCUT2D eigenvalue weighted by atomic mass is 32.2. The van der Waals surface area contributed by atoms with Crippen LogP contribution in [0, 0.1) is 13.8 Å². The summed E-state index contributed by atoms with van der Waals surface area (Å²) in [5.74, 6) is 0.00944. The van der Waals surface area contributed by atoms with Crippen molar-refractivity contribution in [1.29, 1.82) is 0 Å². The molecule has 178 valence electrons. The molecule has 4 rings (SSSR count). The van der Waals surface area contributed by atoms with Crippen molar-refractivity contribution in [3.63, 3.8) is 0 Å². The topological polar surface area (TPSA) is 60.9 Å². The van der Waals surface area contributed by atoms with Crippen molar-refractivity contribution < 1.29 is 13.2 Å². The minimum absolute atomic E-state index is 0.00944. The smallest absolute Gasteiger partial charge is 0.253 e. The van der Waals surface area contributed by atoms with Crippen LogP contribution >= 0.6 is 0 Å². The fourth-order valence-electron chi connectivity index (χ4n) is 4.32. The number of hydrogen-bond acceptors (Lipinski definition) is 4. The van der Waals surface area contributed by atoms with Crippen LogP contribution in [0.1, 0.15) is 27.0 Å². The minimum atomic E-state index is -3.44. The molecule has 0 aromatic heterocycles. The number of amides is 1. The molecule has 1 heterocycles. The van der Waals surface area contributed by atoms with Crippen LogP contribution in [0.2, 0.25) is 0 Å². The minimum Gasteiger partial charge on any atom is -0.368 e. The van der Waals surface area contributed by atoms with Crippen LogP contribution < -0.4 is 9.21 Å². The number of para-hydroxylation sites is 1. The van der Waals surface area contributed by atoms with Gasteiger partial charge in [0.05, 0.1) is 18.5 Å². The number of carbonyl (C=O) groups is 1. The Balaban J connectivity index is 1.41. The first-order valence-electron chi connectivity index (χ1n) is 11.5. The van der Waals surface area contributed by atoms with E-state index in [4.69, 9.17) is 0 Å². The molecule has 1 fully saturated rings. The van der Waals surface area contributed by atoms with Gasteiger partial charge in [0.2, 0.25) is 10.0 Å². The van der Waals surface area contributed by atoms with Crippen LogP contribution in [0.25, 0.3) is 0 Å². The Morgan fingerprint density at radius 3 is 2.12 bits per heavy atom. The lowest BCUT2D eigenvalue weighted by molar-refractivity contribution is 0.0746. The predicted octanol–water partition coefficient (Wildman–Crippen LogP) is 4.23. The molecule has 0 atom stereocenters. The highest BCUT2D eigenvalue weighted by molar-refractivity contribution is 7.92. The molecule has 1 saturated heterocycles. The number of nitrogens with zero attached hydrogens (tertiary/aromatic N) is 3. The molecular weight excluding hydrogens is 446 g/mol. The van der Waals surface area contributed by atoms with Crippen LogP contribution in [0.3, 0.4) is 0 Å². The molecule has 0 radical (unpaired) electrons. The summed E-state index contributed by atoms with van der Waals surface area (Å²) >= 11 is 0. The van der Waals surface area contributed by atoms with Gasteiger partial charge < -0.3 is 9.80 Å². The number of sulfonamides is 1. The van der Waals surface area contributed by atoms with Gasteiger partial charge in [-0.3, -0.25) is 9.10 Å². The Morgan fingerprint density at radius 2 is 1.50 bits per heavy atom. The maximum atomic E-state index is 13.1. The maximum absolute atomic E-state index is 13.1. The van der Waals surface area contributed by atoms with E-state index in [-0.39, 0.29) is 12.5 Å². The van der Waals surface area contributed by atoms with Crippen molar-refractivity contribution in [3.8, 4) is 0 Å². The zero-order chi connectivity index (χ0) is 24.3. The van der Waals surface area contributed by atoms with Crippen molar-refractivity contribution in [1.82, 2.24) is 4.90 Å². The van der Waals surface area contributed by atoms with Gasteiger partial charge >= 0.3 is 0 Å². The first-order valence-corrected chi connectivity index (χ1v) is 13.3. The third kappa shape index (κ3) is 5.25. The van der Waals surface area contributed by atoms with E-state index in [2.05, 4.69) is 36.9 Å². The molecule has 0 bridgehead atoms. The zero-order valence-electron chi connectivity index (χ0n) is 19.9. The maximum Gasteiger partial charge on any atom is 0.253 e. The van der Waals surface area contributed by atoms with E-state index in [0.29, 0.717) is 24.3 Å². The van der Waals surface area contributed by atoms with Gasteiger partial charge in [-0.15, -0.1) is 0 Å². The van der Waals surface area contributed by atoms with Crippen LogP contribution in [0.15, 0.2) is 72.8 Å². The Hall–Kier alpha value is -3.32. The summed E-state index contributed by atoms with van der Waals surface area (Å²) in [4.78, 5) is 17.3. The highest BCUT2D eigenvalue weighted by Crippen LogP contribution is 2.25. The molecule has 0 spiro atoms. The molecule has 1 amide bonds. The Bertz CT molecular complexity index is 1250. The van der Waals surface area contributed by atoms with Gasteiger partial charge in [0.25, 0.3) is 5.91 Å². The Morgan fingerprint density at radius 1 is 0.853 bits per heavy atom. The van der Waals surface area contributed by atoms with Gasteiger partial charge in [0, 0.05) is 37.4 Å². The molecule has 0 unspecified atom stereocenters. The fraction of sp³-hybridized carbons (Fsp3) is 0.296. The summed E-state index contributed by atoms with van der Waals surface area (Å²) in [6, 6.07) is 22.6. The fourth-order valence-corrected chi connectivity index (χ4v) is 5.21. The molecule has 0 saturated carbocycles. The first-order chi connectivity index (χ1) is 16.2. The SMILES string of the molecule is Cc1cccc(N2CCN(C(=O)c3ccc(CN(c4ccccc4)S(C)(=O)=O)cc3)CC2)c1C. The second-order valence-corrected chi connectivity index (χ2v) is 10.7. The quantitative estimate of drug-likeness (QED) is 0.533. The lowest BCUT2D eigenvalue weighted by Gasteiger charge is -2.37. The lowest BCUT2D eigenvalue weighted by atomic mass is 10.1. The molecule has 7 heteroatoms. The van der Waals surface area contributed by atoms with Gasteiger partial charge in [-0.25, -0.2) is 8.42 Å². The van der Waals surface area contributed by atoms with E-state index in [1.165, 1.54) is 27.4 Å². The van der Waals surface area contributed by atoms with Crippen molar-refractivity contribution in [2.24, 2.45) is 0 Å². The van der Waals surface area contributed by atoms with E-state index in [1.807, 2.05) is 35.2 Å². The zero-order valence-corrected chi connectivity index (χ0v) is 20.8. The molecule has 0 aliphatic carbocycles. The van der Waals surface area contributed by atoms with Gasteiger partial charge in [0.15, 0.2) is 0 Å². The molecule has 3 aromatic carbocycles. The monoisotopic (exact) mass is 477 g/mol. The average Bonchev–Trinajstić information content (AvgIpc) is 2.84. The second-order valence-electron chi connectivity index (χ2n) is 8.80. The first kappa shape index (κ1) is 23.8. The number of benzene rings is 3. The Labute approximate surface area is 202 Å². The van der Waals surface area contributed by atoms with Gasteiger partial charge in [-0.1, -0.05) is 42.5 Å². The van der Waals surface area contributed by atoms with E-state index < -0.39 is 10.0 Å². The number of rotatable bonds is 6. The number of hydrogen-bond donors (Lipinski definition) is 0. The molecule has 0 N–H and O–H groups in total. The summed E-state index contributed by atoms with van der Waals surface area (Å²) in [6.07, 6.45) is 1.20. The number of anilines is 2. The molecule has 1 aliphatic rings. The molecule has 3 aromatic rings. The van der Waals surface area contributed by atoms with Crippen LogP contribution in [0.5, 0.6) is 0 Å². The van der Waals surface area contributed by atoms with Crippen molar-refractivity contribution in [2.75, 3.05) is 41.6 Å². The molecule has 34 heavy (non-hydrogen) atoms. The van der Waals surface area contributed by atoms with Crippen molar-refractivity contribution >= 4 is 27.3 Å². The summed E-state index contributed by atoms with van der Waals surface area (Å²) in [5, 5.41) is 0. The molecule has 1 aliphatic heterocycles. The highest BCUT2D eigenvalue weighted by Gasteiger charge is 2.24. The van der Waals surface area contributed by atoms with Crippen LogP contribution in [-0.2, 0) is 16.6 Å². The Kier molecular flexibility index (Phi) is 6.93. The van der Waals surface area contributed by atoms with Gasteiger partial charge in [-0.05, 0) is 60.9 Å². The molecule has 6 nitrogen and oxygen atoms in total. The van der Waals surface area contributed by atoms with Crippen molar-refractivity contribution in [3.05, 3.63) is 95.1 Å². The summed E-state index contributed by atoms with van der Waals surface area (Å²) in [5.41, 5.74) is 5.87. The van der Waals surface area contributed by atoms with Crippen LogP contribution in [0.4, 0.5) is 11.4 Å². The second kappa shape index (κ2) is 9.89. The average molecular weight is 478 g/mol. The summed E-state index contributed by atoms with van der Waals surface area (Å²) in [7, 11) is -3.44. The largest absolute Gasteiger partial charge is 0.368 e.